The highest BCUT2D eigenvalue weighted by Crippen LogP contribution is 2.27. The molecule has 0 aromatic heterocycles. The van der Waals surface area contributed by atoms with E-state index >= 15 is 0 Å². The number of carbonyl (C=O) groups is 2. The van der Waals surface area contributed by atoms with E-state index in [2.05, 4.69) is 26.6 Å². The first-order valence-electron chi connectivity index (χ1n) is 9.62. The molecule has 0 aliphatic carbocycles. The third kappa shape index (κ3) is 5.94. The van der Waals surface area contributed by atoms with Gasteiger partial charge in [0.1, 0.15) is 5.75 Å². The fraction of sp³-hybridized carbons (Fsp3) is 0.167. The maximum Gasteiger partial charge on any atom is 0.255 e. The maximum atomic E-state index is 12.5. The van der Waals surface area contributed by atoms with Crippen molar-refractivity contribution in [3.05, 3.63) is 94.0 Å². The lowest BCUT2D eigenvalue weighted by Crippen LogP contribution is -2.22. The van der Waals surface area contributed by atoms with Crippen molar-refractivity contribution in [3.8, 4) is 5.75 Å². The van der Waals surface area contributed by atoms with E-state index in [0.29, 0.717) is 33.6 Å². The first kappa shape index (κ1) is 21.6. The van der Waals surface area contributed by atoms with Crippen molar-refractivity contribution in [2.24, 2.45) is 0 Å². The number of hydrogen-bond acceptors (Lipinski definition) is 3. The summed E-state index contributed by atoms with van der Waals surface area (Å²) >= 11 is 3.44. The second kappa shape index (κ2) is 10.1. The highest BCUT2D eigenvalue weighted by molar-refractivity contribution is 9.10. The summed E-state index contributed by atoms with van der Waals surface area (Å²) in [6.45, 7) is 4.35. The van der Waals surface area contributed by atoms with Crippen LogP contribution in [0.3, 0.4) is 0 Å². The molecule has 6 heteroatoms. The Morgan fingerprint density at radius 2 is 1.57 bits per heavy atom. The average Bonchev–Trinajstić information content (AvgIpc) is 2.74. The molecule has 3 aromatic rings. The molecule has 154 valence electrons. The molecule has 3 aromatic carbocycles. The minimum atomic E-state index is -0.243. The van der Waals surface area contributed by atoms with Crippen LogP contribution in [0.1, 0.15) is 40.1 Å². The summed E-state index contributed by atoms with van der Waals surface area (Å²) in [7, 11) is 0. The van der Waals surface area contributed by atoms with Crippen molar-refractivity contribution in [1.29, 1.82) is 0 Å². The highest BCUT2D eigenvalue weighted by atomic mass is 79.9. The molecule has 0 bridgehead atoms. The van der Waals surface area contributed by atoms with Crippen LogP contribution in [-0.2, 0) is 6.54 Å². The van der Waals surface area contributed by atoms with Gasteiger partial charge in [0.2, 0.25) is 0 Å². The quantitative estimate of drug-likeness (QED) is 0.488. The predicted molar refractivity (Wildman–Crippen MR) is 122 cm³/mol. The van der Waals surface area contributed by atoms with E-state index in [1.54, 1.807) is 42.5 Å². The van der Waals surface area contributed by atoms with Crippen LogP contribution in [-0.4, -0.2) is 17.9 Å². The predicted octanol–water partition coefficient (Wildman–Crippen LogP) is 5.42. The molecule has 0 saturated carbocycles. The van der Waals surface area contributed by atoms with Crippen LogP contribution in [0.25, 0.3) is 0 Å². The summed E-state index contributed by atoms with van der Waals surface area (Å²) in [6.07, 6.45) is 0.0457. The van der Waals surface area contributed by atoms with E-state index in [9.17, 15) is 9.59 Å². The van der Waals surface area contributed by atoms with Gasteiger partial charge in [-0.2, -0.15) is 0 Å². The Morgan fingerprint density at radius 1 is 0.900 bits per heavy atom. The third-order valence-corrected chi connectivity index (χ3v) is 4.88. The molecule has 0 radical (unpaired) electrons. The summed E-state index contributed by atoms with van der Waals surface area (Å²) in [6, 6.07) is 21.7. The van der Waals surface area contributed by atoms with E-state index in [4.69, 9.17) is 4.74 Å². The number of nitrogens with one attached hydrogen (secondary N) is 2. The lowest BCUT2D eigenvalue weighted by Gasteiger charge is -2.12. The summed E-state index contributed by atoms with van der Waals surface area (Å²) in [5.74, 6) is 0.280. The minimum absolute atomic E-state index is 0.0457. The molecule has 0 fully saturated rings. The lowest BCUT2D eigenvalue weighted by molar-refractivity contribution is 0.0950. The normalized spacial score (nSPS) is 10.5. The number of rotatable bonds is 7. The Balaban J connectivity index is 1.59. The Kier molecular flexibility index (Phi) is 7.25. The van der Waals surface area contributed by atoms with Crippen molar-refractivity contribution in [1.82, 2.24) is 5.32 Å². The van der Waals surface area contributed by atoms with Crippen LogP contribution < -0.4 is 15.4 Å². The number of hydrogen-bond donors (Lipinski definition) is 2. The monoisotopic (exact) mass is 466 g/mol. The van der Waals surface area contributed by atoms with Crippen LogP contribution >= 0.6 is 15.9 Å². The van der Waals surface area contributed by atoms with Gasteiger partial charge in [-0.25, -0.2) is 0 Å². The fourth-order valence-electron chi connectivity index (χ4n) is 2.78. The highest BCUT2D eigenvalue weighted by Gasteiger charge is 2.11. The standard InChI is InChI=1S/C24H23BrN2O3/c1-16(2)30-22-13-10-19(14-21(22)25)24(29)27-20-11-8-18(9-12-20)23(28)26-15-17-6-4-3-5-7-17/h3-14,16H,15H2,1-2H3,(H,26,28)(H,27,29). The van der Waals surface area contributed by atoms with Gasteiger partial charge in [0.15, 0.2) is 0 Å². The molecule has 0 spiro atoms. The Labute approximate surface area is 184 Å². The molecule has 30 heavy (non-hydrogen) atoms. The van der Waals surface area contributed by atoms with Gasteiger partial charge in [-0.15, -0.1) is 0 Å². The molecular formula is C24H23BrN2O3. The number of ether oxygens (including phenoxy) is 1. The summed E-state index contributed by atoms with van der Waals surface area (Å²) in [5.41, 5.74) is 2.67. The molecule has 2 amide bonds. The van der Waals surface area contributed by atoms with Gasteiger partial charge in [-0.05, 0) is 77.8 Å². The van der Waals surface area contributed by atoms with Crippen LogP contribution in [0.5, 0.6) is 5.75 Å². The first-order valence-corrected chi connectivity index (χ1v) is 10.4. The van der Waals surface area contributed by atoms with Crippen molar-refractivity contribution >= 4 is 33.4 Å². The molecule has 0 heterocycles. The lowest BCUT2D eigenvalue weighted by atomic mass is 10.1. The molecule has 0 saturated heterocycles. The topological polar surface area (TPSA) is 67.4 Å². The van der Waals surface area contributed by atoms with Gasteiger partial charge in [0, 0.05) is 23.4 Å². The Morgan fingerprint density at radius 3 is 2.20 bits per heavy atom. The smallest absolute Gasteiger partial charge is 0.255 e. The second-order valence-corrected chi connectivity index (χ2v) is 7.87. The van der Waals surface area contributed by atoms with Gasteiger partial charge in [0.05, 0.1) is 10.6 Å². The largest absolute Gasteiger partial charge is 0.490 e. The van der Waals surface area contributed by atoms with Gasteiger partial charge in [-0.3, -0.25) is 9.59 Å². The zero-order valence-corrected chi connectivity index (χ0v) is 18.4. The number of anilines is 1. The van der Waals surface area contributed by atoms with Crippen LogP contribution in [0.4, 0.5) is 5.69 Å². The number of benzene rings is 3. The van der Waals surface area contributed by atoms with Crippen LogP contribution in [0.15, 0.2) is 77.3 Å². The van der Waals surface area contributed by atoms with E-state index in [1.807, 2.05) is 44.2 Å². The van der Waals surface area contributed by atoms with Crippen molar-refractivity contribution in [3.63, 3.8) is 0 Å². The maximum absolute atomic E-state index is 12.5. The first-order chi connectivity index (χ1) is 14.4. The number of halogens is 1. The van der Waals surface area contributed by atoms with E-state index in [1.165, 1.54) is 0 Å². The second-order valence-electron chi connectivity index (χ2n) is 7.01. The van der Waals surface area contributed by atoms with Crippen molar-refractivity contribution in [2.45, 2.75) is 26.5 Å². The van der Waals surface area contributed by atoms with Crippen LogP contribution in [0.2, 0.25) is 0 Å². The molecule has 2 N–H and O–H groups in total. The Hall–Kier alpha value is -3.12. The molecular weight excluding hydrogens is 444 g/mol. The molecule has 0 unspecified atom stereocenters. The van der Waals surface area contributed by atoms with Gasteiger partial charge >= 0.3 is 0 Å². The van der Waals surface area contributed by atoms with E-state index in [-0.39, 0.29) is 17.9 Å². The summed E-state index contributed by atoms with van der Waals surface area (Å²) in [5, 5.41) is 5.72. The van der Waals surface area contributed by atoms with E-state index in [0.717, 1.165) is 5.56 Å². The molecule has 5 nitrogen and oxygen atoms in total. The summed E-state index contributed by atoms with van der Waals surface area (Å²) < 4.78 is 6.38. The van der Waals surface area contributed by atoms with Crippen molar-refractivity contribution < 1.29 is 14.3 Å². The minimum Gasteiger partial charge on any atom is -0.490 e. The third-order valence-electron chi connectivity index (χ3n) is 4.26. The SMILES string of the molecule is CC(C)Oc1ccc(C(=O)Nc2ccc(C(=O)NCc3ccccc3)cc2)cc1Br. The molecule has 0 atom stereocenters. The fourth-order valence-corrected chi connectivity index (χ4v) is 3.25. The number of amides is 2. The Bertz CT molecular complexity index is 1020. The van der Waals surface area contributed by atoms with Gasteiger partial charge < -0.3 is 15.4 Å². The van der Waals surface area contributed by atoms with E-state index < -0.39 is 0 Å². The zero-order valence-electron chi connectivity index (χ0n) is 16.8. The van der Waals surface area contributed by atoms with Gasteiger partial charge in [-0.1, -0.05) is 30.3 Å². The number of carbonyl (C=O) groups excluding carboxylic acids is 2. The van der Waals surface area contributed by atoms with Crippen LogP contribution in [0, 0.1) is 0 Å². The average molecular weight is 467 g/mol. The van der Waals surface area contributed by atoms with Gasteiger partial charge in [0.25, 0.3) is 11.8 Å². The summed E-state index contributed by atoms with van der Waals surface area (Å²) in [4.78, 5) is 24.8. The molecule has 0 aliphatic rings. The zero-order chi connectivity index (χ0) is 21.5. The van der Waals surface area contributed by atoms with Crippen molar-refractivity contribution in [2.75, 3.05) is 5.32 Å². The molecule has 0 aliphatic heterocycles. The molecule has 3 rings (SSSR count).